The molecule has 3 fully saturated rings. The van der Waals surface area contributed by atoms with E-state index >= 15 is 0 Å². The second-order valence-corrected chi connectivity index (χ2v) is 7.40. The Morgan fingerprint density at radius 3 is 2.12 bits per heavy atom. The number of nitrogens with one attached hydrogen (secondary N) is 1. The molecule has 2 unspecified atom stereocenters. The Kier molecular flexibility index (Phi) is 2.61. The molecule has 0 radical (unpaired) electrons. The van der Waals surface area contributed by atoms with Crippen molar-refractivity contribution in [2.24, 2.45) is 11.8 Å². The Balaban J connectivity index is 1.80. The quantitative estimate of drug-likeness (QED) is 0.810. The zero-order chi connectivity index (χ0) is 12.3. The van der Waals surface area contributed by atoms with E-state index in [1.54, 1.807) is 0 Å². The van der Waals surface area contributed by atoms with E-state index in [9.17, 15) is 0 Å². The molecule has 0 aromatic carbocycles. The predicted molar refractivity (Wildman–Crippen MR) is 72.1 cm³/mol. The number of hydrogen-bond acceptors (Lipinski definition) is 2. The van der Waals surface area contributed by atoms with Crippen molar-refractivity contribution in [2.45, 2.75) is 70.5 Å². The van der Waals surface area contributed by atoms with E-state index in [0.29, 0.717) is 17.1 Å². The molecule has 1 N–H and O–H groups in total. The van der Waals surface area contributed by atoms with Crippen LogP contribution >= 0.6 is 0 Å². The summed E-state index contributed by atoms with van der Waals surface area (Å²) in [5.74, 6) is 1.88. The minimum atomic E-state index is 0.388. The zero-order valence-electron chi connectivity index (χ0n) is 11.9. The first-order chi connectivity index (χ1) is 7.96. The largest absolute Gasteiger partial charge is 0.308 e. The van der Waals surface area contributed by atoms with E-state index in [0.717, 1.165) is 11.8 Å². The smallest absolute Gasteiger partial charge is 0.0337 e. The molecule has 1 aliphatic heterocycles. The van der Waals surface area contributed by atoms with E-state index in [-0.39, 0.29) is 0 Å². The van der Waals surface area contributed by atoms with Crippen LogP contribution in [0.1, 0.15) is 53.4 Å². The summed E-state index contributed by atoms with van der Waals surface area (Å²) in [6.45, 7) is 12.1. The zero-order valence-corrected chi connectivity index (χ0v) is 11.9. The molecule has 2 atom stereocenters. The van der Waals surface area contributed by atoms with Crippen LogP contribution in [0.4, 0.5) is 0 Å². The number of nitrogens with zero attached hydrogens (tertiary/aromatic N) is 1. The van der Waals surface area contributed by atoms with Crippen molar-refractivity contribution in [2.75, 3.05) is 13.1 Å². The van der Waals surface area contributed by atoms with Gasteiger partial charge in [0.25, 0.3) is 0 Å². The van der Waals surface area contributed by atoms with Gasteiger partial charge in [-0.2, -0.15) is 0 Å². The normalized spacial score (nSPS) is 44.3. The van der Waals surface area contributed by atoms with Gasteiger partial charge in [0.1, 0.15) is 0 Å². The van der Waals surface area contributed by atoms with Crippen molar-refractivity contribution in [3.8, 4) is 0 Å². The average Bonchev–Trinajstić information content (AvgIpc) is 3.13. The van der Waals surface area contributed by atoms with Crippen LogP contribution in [0, 0.1) is 11.8 Å². The Bertz CT molecular complexity index is 306. The highest BCUT2D eigenvalue weighted by Crippen LogP contribution is 2.49. The summed E-state index contributed by atoms with van der Waals surface area (Å²) in [6, 6.07) is 0.681. The maximum atomic E-state index is 3.91. The van der Waals surface area contributed by atoms with E-state index in [4.69, 9.17) is 0 Å². The molecule has 98 valence electrons. The third kappa shape index (κ3) is 1.94. The van der Waals surface area contributed by atoms with Gasteiger partial charge in [-0.3, -0.25) is 4.90 Å². The highest BCUT2D eigenvalue weighted by molar-refractivity contribution is 5.12. The monoisotopic (exact) mass is 236 g/mol. The Morgan fingerprint density at radius 2 is 1.65 bits per heavy atom. The maximum Gasteiger partial charge on any atom is 0.0337 e. The highest BCUT2D eigenvalue weighted by Gasteiger charge is 2.54. The maximum absolute atomic E-state index is 3.91. The lowest BCUT2D eigenvalue weighted by Gasteiger charge is -2.55. The molecule has 1 heterocycles. The summed E-state index contributed by atoms with van der Waals surface area (Å²) in [5, 5.41) is 3.91. The van der Waals surface area contributed by atoms with Gasteiger partial charge in [0.2, 0.25) is 0 Å². The Hall–Kier alpha value is -0.0800. The van der Waals surface area contributed by atoms with Gasteiger partial charge in [-0.1, -0.05) is 0 Å². The molecule has 2 aliphatic carbocycles. The van der Waals surface area contributed by atoms with E-state index < -0.39 is 0 Å². The number of hydrogen-bond donors (Lipinski definition) is 1. The van der Waals surface area contributed by atoms with E-state index in [1.165, 1.54) is 38.8 Å². The topological polar surface area (TPSA) is 15.3 Å². The molecule has 0 aromatic heterocycles. The number of rotatable bonds is 3. The van der Waals surface area contributed by atoms with Gasteiger partial charge in [0, 0.05) is 30.2 Å². The molecule has 0 amide bonds. The third-order valence-electron chi connectivity index (χ3n) is 5.56. The second-order valence-electron chi connectivity index (χ2n) is 7.40. The molecule has 1 saturated heterocycles. The summed E-state index contributed by atoms with van der Waals surface area (Å²) >= 11 is 0. The van der Waals surface area contributed by atoms with Crippen LogP contribution in [-0.2, 0) is 0 Å². The van der Waals surface area contributed by atoms with Crippen molar-refractivity contribution in [1.29, 1.82) is 0 Å². The molecule has 0 spiro atoms. The fourth-order valence-electron chi connectivity index (χ4n) is 3.92. The summed E-state index contributed by atoms with van der Waals surface area (Å²) in [7, 11) is 0. The highest BCUT2D eigenvalue weighted by atomic mass is 15.3. The molecular weight excluding hydrogens is 208 g/mol. The standard InChI is InChI=1S/C15H28N2/c1-11(2)17-10-14(3,12-5-6-12)16-9-15(17,4)13-7-8-13/h11-13,16H,5-10H2,1-4H3. The molecule has 0 bridgehead atoms. The van der Waals surface area contributed by atoms with Gasteiger partial charge in [-0.15, -0.1) is 0 Å². The minimum Gasteiger partial charge on any atom is -0.308 e. The van der Waals surface area contributed by atoms with E-state index in [2.05, 4.69) is 37.9 Å². The van der Waals surface area contributed by atoms with Gasteiger partial charge < -0.3 is 5.32 Å². The van der Waals surface area contributed by atoms with Crippen molar-refractivity contribution < 1.29 is 0 Å². The lowest BCUT2D eigenvalue weighted by Crippen LogP contribution is -2.71. The summed E-state index contributed by atoms with van der Waals surface area (Å²) < 4.78 is 0. The van der Waals surface area contributed by atoms with Crippen LogP contribution in [0.3, 0.4) is 0 Å². The molecule has 2 saturated carbocycles. The van der Waals surface area contributed by atoms with Crippen molar-refractivity contribution in [3.05, 3.63) is 0 Å². The fraction of sp³-hybridized carbons (Fsp3) is 1.00. The molecule has 17 heavy (non-hydrogen) atoms. The van der Waals surface area contributed by atoms with Crippen LogP contribution in [0.2, 0.25) is 0 Å². The van der Waals surface area contributed by atoms with Gasteiger partial charge in [0.05, 0.1) is 0 Å². The molecular formula is C15H28N2. The van der Waals surface area contributed by atoms with Crippen LogP contribution in [0.15, 0.2) is 0 Å². The predicted octanol–water partition coefficient (Wildman–Crippen LogP) is 2.64. The first-order valence-electron chi connectivity index (χ1n) is 7.47. The molecule has 0 aromatic rings. The van der Waals surface area contributed by atoms with Crippen molar-refractivity contribution in [3.63, 3.8) is 0 Å². The first-order valence-corrected chi connectivity index (χ1v) is 7.47. The van der Waals surface area contributed by atoms with Gasteiger partial charge in [-0.05, 0) is 65.2 Å². The van der Waals surface area contributed by atoms with Crippen LogP contribution < -0.4 is 5.32 Å². The van der Waals surface area contributed by atoms with Crippen molar-refractivity contribution >= 4 is 0 Å². The molecule has 2 nitrogen and oxygen atoms in total. The Labute approximate surface area is 106 Å². The fourth-order valence-corrected chi connectivity index (χ4v) is 3.92. The average molecular weight is 236 g/mol. The summed E-state index contributed by atoms with van der Waals surface area (Å²) in [6.07, 6.45) is 5.77. The van der Waals surface area contributed by atoms with Crippen molar-refractivity contribution in [1.82, 2.24) is 10.2 Å². The van der Waals surface area contributed by atoms with Gasteiger partial charge >= 0.3 is 0 Å². The SMILES string of the molecule is CC(C)N1CC(C)(C2CC2)NCC1(C)C1CC1. The summed E-state index contributed by atoms with van der Waals surface area (Å²) in [5.41, 5.74) is 0.807. The minimum absolute atomic E-state index is 0.388. The summed E-state index contributed by atoms with van der Waals surface area (Å²) in [4.78, 5) is 2.81. The first kappa shape index (κ1) is 12.0. The molecule has 3 aliphatic rings. The van der Waals surface area contributed by atoms with Gasteiger partial charge in [0.15, 0.2) is 0 Å². The van der Waals surface area contributed by atoms with Crippen LogP contribution in [0.25, 0.3) is 0 Å². The van der Waals surface area contributed by atoms with Crippen LogP contribution in [-0.4, -0.2) is 35.1 Å². The second kappa shape index (κ2) is 3.71. The third-order valence-corrected chi connectivity index (χ3v) is 5.56. The number of piperazine rings is 1. The molecule has 3 rings (SSSR count). The van der Waals surface area contributed by atoms with Gasteiger partial charge in [-0.25, -0.2) is 0 Å². The Morgan fingerprint density at radius 1 is 1.06 bits per heavy atom. The lowest BCUT2D eigenvalue weighted by molar-refractivity contribution is -0.0224. The van der Waals surface area contributed by atoms with Crippen LogP contribution in [0.5, 0.6) is 0 Å². The van der Waals surface area contributed by atoms with E-state index in [1.807, 2.05) is 0 Å². The lowest BCUT2D eigenvalue weighted by atomic mass is 9.82. The molecule has 2 heteroatoms.